The van der Waals surface area contributed by atoms with Crippen LogP contribution in [0.2, 0.25) is 0 Å². The summed E-state index contributed by atoms with van der Waals surface area (Å²) in [6, 6.07) is 15.7. The van der Waals surface area contributed by atoms with Crippen LogP contribution < -0.4 is 10.2 Å². The van der Waals surface area contributed by atoms with Gasteiger partial charge >= 0.3 is 0 Å². The maximum atomic E-state index is 13.3. The van der Waals surface area contributed by atoms with Crippen LogP contribution in [-0.2, 0) is 16.0 Å². The molecule has 0 radical (unpaired) electrons. The number of rotatable bonds is 5. The Morgan fingerprint density at radius 3 is 2.42 bits per heavy atom. The van der Waals surface area contributed by atoms with Gasteiger partial charge < -0.3 is 5.32 Å². The molecule has 2 heterocycles. The number of pyridine rings is 1. The first kappa shape index (κ1) is 22.4. The lowest BCUT2D eigenvalue weighted by molar-refractivity contribution is -0.120. The number of fused-ring (bicyclic) bond motifs is 1. The smallest absolute Gasteiger partial charge is 0.244 e. The summed E-state index contributed by atoms with van der Waals surface area (Å²) in [5.74, 6) is -0.0841. The van der Waals surface area contributed by atoms with E-state index in [1.165, 1.54) is 10.5 Å². The van der Waals surface area contributed by atoms with Crippen LogP contribution >= 0.6 is 0 Å². The fraction of sp³-hybridized carbons (Fsp3) is 0.259. The minimum atomic E-state index is -0.272. The SMILES string of the molecule is CCc1ccc(C2=Nc3cccnc3N(CC(=O)Nc3c(C)cc(C)cc3C)C(=O)C2)cc1. The van der Waals surface area contributed by atoms with Crippen LogP contribution in [0.3, 0.4) is 0 Å². The summed E-state index contributed by atoms with van der Waals surface area (Å²) in [5, 5.41) is 2.98. The summed E-state index contributed by atoms with van der Waals surface area (Å²) in [6.45, 7) is 7.93. The summed E-state index contributed by atoms with van der Waals surface area (Å²) < 4.78 is 0. The van der Waals surface area contributed by atoms with Gasteiger partial charge in [0.25, 0.3) is 0 Å². The highest BCUT2D eigenvalue weighted by atomic mass is 16.2. The molecule has 0 saturated heterocycles. The third-order valence-corrected chi connectivity index (χ3v) is 5.84. The number of amides is 2. The molecule has 0 atom stereocenters. The van der Waals surface area contributed by atoms with Gasteiger partial charge in [-0.2, -0.15) is 0 Å². The molecule has 1 N–H and O–H groups in total. The van der Waals surface area contributed by atoms with Crippen LogP contribution in [-0.4, -0.2) is 29.1 Å². The number of nitrogens with one attached hydrogen (secondary N) is 1. The van der Waals surface area contributed by atoms with Gasteiger partial charge in [-0.25, -0.2) is 9.98 Å². The fourth-order valence-corrected chi connectivity index (χ4v) is 4.19. The number of hydrogen-bond donors (Lipinski definition) is 1. The molecule has 0 bridgehead atoms. The summed E-state index contributed by atoms with van der Waals surface area (Å²) in [6.07, 6.45) is 2.65. The first-order valence-electron chi connectivity index (χ1n) is 11.2. The van der Waals surface area contributed by atoms with Gasteiger partial charge in [0.15, 0.2) is 5.82 Å². The van der Waals surface area contributed by atoms with Crippen molar-refractivity contribution in [1.29, 1.82) is 0 Å². The Morgan fingerprint density at radius 2 is 1.76 bits per heavy atom. The van der Waals surface area contributed by atoms with Crippen LogP contribution in [0.5, 0.6) is 0 Å². The topological polar surface area (TPSA) is 74.7 Å². The summed E-state index contributed by atoms with van der Waals surface area (Å²) >= 11 is 0. The molecule has 0 unspecified atom stereocenters. The van der Waals surface area contributed by atoms with Crippen molar-refractivity contribution >= 4 is 34.7 Å². The fourth-order valence-electron chi connectivity index (χ4n) is 4.19. The number of hydrogen-bond acceptors (Lipinski definition) is 4. The third kappa shape index (κ3) is 4.85. The van der Waals surface area contributed by atoms with Gasteiger partial charge in [-0.3, -0.25) is 14.5 Å². The molecule has 1 aliphatic rings. The van der Waals surface area contributed by atoms with Crippen molar-refractivity contribution < 1.29 is 9.59 Å². The van der Waals surface area contributed by atoms with Crippen molar-refractivity contribution in [3.8, 4) is 0 Å². The van der Waals surface area contributed by atoms with E-state index in [2.05, 4.69) is 29.4 Å². The van der Waals surface area contributed by atoms with Crippen molar-refractivity contribution in [2.24, 2.45) is 4.99 Å². The number of aliphatic imine (C=N–C) groups is 1. The first-order chi connectivity index (χ1) is 15.9. The Labute approximate surface area is 194 Å². The molecular formula is C27H28N4O2. The maximum Gasteiger partial charge on any atom is 0.244 e. The molecule has 33 heavy (non-hydrogen) atoms. The molecule has 2 amide bonds. The number of benzene rings is 2. The standard InChI is InChI=1S/C27H28N4O2/c1-5-20-8-10-21(11-9-20)23-15-25(33)31(27-22(29-23)7-6-12-28-27)16-24(32)30-26-18(3)13-17(2)14-19(26)4/h6-14H,5,15-16H2,1-4H3,(H,30,32). The monoisotopic (exact) mass is 440 g/mol. The minimum Gasteiger partial charge on any atom is -0.324 e. The average molecular weight is 441 g/mol. The maximum absolute atomic E-state index is 13.3. The van der Waals surface area contributed by atoms with E-state index in [-0.39, 0.29) is 24.8 Å². The second-order valence-corrected chi connectivity index (χ2v) is 8.43. The summed E-state index contributed by atoms with van der Waals surface area (Å²) in [5.41, 5.74) is 7.26. The normalized spacial score (nSPS) is 13.3. The van der Waals surface area contributed by atoms with E-state index in [9.17, 15) is 9.59 Å². The highest BCUT2D eigenvalue weighted by Gasteiger charge is 2.28. The van der Waals surface area contributed by atoms with Crippen molar-refractivity contribution in [2.45, 2.75) is 40.5 Å². The van der Waals surface area contributed by atoms with E-state index in [1.807, 2.05) is 51.1 Å². The largest absolute Gasteiger partial charge is 0.324 e. The van der Waals surface area contributed by atoms with Gasteiger partial charge in [0, 0.05) is 11.9 Å². The van der Waals surface area contributed by atoms with Gasteiger partial charge in [-0.05, 0) is 61.6 Å². The molecule has 6 heteroatoms. The molecule has 2 aromatic carbocycles. The average Bonchev–Trinajstić information content (AvgIpc) is 2.93. The van der Waals surface area contributed by atoms with Crippen molar-refractivity contribution in [2.75, 3.05) is 16.8 Å². The molecule has 1 aliphatic heterocycles. The molecule has 0 aliphatic carbocycles. The van der Waals surface area contributed by atoms with E-state index in [1.54, 1.807) is 12.3 Å². The molecule has 3 aromatic rings. The molecule has 0 fully saturated rings. The molecule has 168 valence electrons. The van der Waals surface area contributed by atoms with Gasteiger partial charge in [-0.15, -0.1) is 0 Å². The summed E-state index contributed by atoms with van der Waals surface area (Å²) in [7, 11) is 0. The number of aromatic nitrogens is 1. The van der Waals surface area contributed by atoms with E-state index >= 15 is 0 Å². The van der Waals surface area contributed by atoms with Gasteiger partial charge in [0.2, 0.25) is 11.8 Å². The van der Waals surface area contributed by atoms with Crippen LogP contribution in [0.25, 0.3) is 0 Å². The molecule has 6 nitrogen and oxygen atoms in total. The Kier molecular flexibility index (Phi) is 6.36. The van der Waals surface area contributed by atoms with Crippen LogP contribution in [0.15, 0.2) is 59.7 Å². The Hall–Kier alpha value is -3.80. The Bertz CT molecular complexity index is 1220. The van der Waals surface area contributed by atoms with Crippen molar-refractivity contribution in [3.05, 3.63) is 82.5 Å². The van der Waals surface area contributed by atoms with Crippen LogP contribution in [0, 0.1) is 20.8 Å². The van der Waals surface area contributed by atoms with Gasteiger partial charge in [0.05, 0.1) is 12.1 Å². The predicted octanol–water partition coefficient (Wildman–Crippen LogP) is 5.07. The first-order valence-corrected chi connectivity index (χ1v) is 11.2. The molecular weight excluding hydrogens is 412 g/mol. The molecule has 4 rings (SSSR count). The quantitative estimate of drug-likeness (QED) is 0.602. The van der Waals surface area contributed by atoms with Crippen molar-refractivity contribution in [1.82, 2.24) is 4.98 Å². The van der Waals surface area contributed by atoms with Gasteiger partial charge in [0.1, 0.15) is 12.2 Å². The van der Waals surface area contributed by atoms with E-state index in [4.69, 9.17) is 4.99 Å². The Balaban J connectivity index is 1.61. The number of anilines is 2. The lowest BCUT2D eigenvalue weighted by Crippen LogP contribution is -2.39. The second-order valence-electron chi connectivity index (χ2n) is 8.43. The Morgan fingerprint density at radius 1 is 1.06 bits per heavy atom. The zero-order valence-corrected chi connectivity index (χ0v) is 19.5. The highest BCUT2D eigenvalue weighted by molar-refractivity contribution is 6.18. The number of carbonyl (C=O) groups is 2. The van der Waals surface area contributed by atoms with Gasteiger partial charge in [-0.1, -0.05) is 48.9 Å². The lowest BCUT2D eigenvalue weighted by atomic mass is 10.0. The molecule has 0 saturated carbocycles. The number of aryl methyl sites for hydroxylation is 4. The zero-order chi connectivity index (χ0) is 23.5. The lowest BCUT2D eigenvalue weighted by Gasteiger charge is -2.21. The van der Waals surface area contributed by atoms with Crippen LogP contribution in [0.1, 0.15) is 41.2 Å². The second kappa shape index (κ2) is 9.36. The zero-order valence-electron chi connectivity index (χ0n) is 19.5. The summed E-state index contributed by atoms with van der Waals surface area (Å²) in [4.78, 5) is 36.8. The highest BCUT2D eigenvalue weighted by Crippen LogP contribution is 2.31. The van der Waals surface area contributed by atoms with E-state index < -0.39 is 0 Å². The predicted molar refractivity (Wildman–Crippen MR) is 133 cm³/mol. The van der Waals surface area contributed by atoms with E-state index in [0.717, 1.165) is 34.4 Å². The third-order valence-electron chi connectivity index (χ3n) is 5.84. The minimum absolute atomic E-state index is 0.0949. The molecule has 1 aromatic heterocycles. The molecule has 0 spiro atoms. The van der Waals surface area contributed by atoms with Crippen LogP contribution in [0.4, 0.5) is 17.2 Å². The number of carbonyl (C=O) groups excluding carboxylic acids is 2. The van der Waals surface area contributed by atoms with E-state index in [0.29, 0.717) is 17.2 Å². The van der Waals surface area contributed by atoms with Crippen molar-refractivity contribution in [3.63, 3.8) is 0 Å². The number of nitrogens with zero attached hydrogens (tertiary/aromatic N) is 3.